The van der Waals surface area contributed by atoms with Crippen LogP contribution in [0.1, 0.15) is 25.5 Å². The minimum Gasteiger partial charge on any atom is -0.481 e. The van der Waals surface area contributed by atoms with Gasteiger partial charge in [-0.1, -0.05) is 13.0 Å². The van der Waals surface area contributed by atoms with Crippen molar-refractivity contribution < 1.29 is 17.9 Å². The number of pyridine rings is 1. The predicted molar refractivity (Wildman–Crippen MR) is 94.8 cm³/mol. The van der Waals surface area contributed by atoms with E-state index >= 15 is 0 Å². The minimum atomic E-state index is -3.21. The zero-order valence-corrected chi connectivity index (χ0v) is 15.8. The summed E-state index contributed by atoms with van der Waals surface area (Å²) in [5.41, 5.74) is 0.719. The molecular formula is C16H26N4O4S. The number of carbonyl (C=O) groups is 1. The Morgan fingerprint density at radius 2 is 2.08 bits per heavy atom. The highest BCUT2D eigenvalue weighted by molar-refractivity contribution is 7.88. The smallest absolute Gasteiger partial charge is 0.317 e. The van der Waals surface area contributed by atoms with E-state index in [0.29, 0.717) is 44.9 Å². The standard InChI is InChI=1S/C16H26N4O4S/c1-4-20(25(3,22)23)14-8-10-19(11-9-14)16(21)17-12-13-6-5-7-15(18-13)24-2/h5-7,14H,4,8-12H2,1-3H3,(H,17,21). The van der Waals surface area contributed by atoms with Crippen LogP contribution in [0.3, 0.4) is 0 Å². The second kappa shape index (κ2) is 8.48. The van der Waals surface area contributed by atoms with Gasteiger partial charge in [-0.2, -0.15) is 4.31 Å². The van der Waals surface area contributed by atoms with Crippen molar-refractivity contribution in [2.24, 2.45) is 0 Å². The fourth-order valence-corrected chi connectivity index (χ4v) is 4.29. The van der Waals surface area contributed by atoms with Crippen LogP contribution in [0.4, 0.5) is 4.79 Å². The van der Waals surface area contributed by atoms with Crippen molar-refractivity contribution >= 4 is 16.1 Å². The lowest BCUT2D eigenvalue weighted by Gasteiger charge is -2.36. The van der Waals surface area contributed by atoms with Crippen molar-refractivity contribution in [3.8, 4) is 5.88 Å². The number of urea groups is 1. The van der Waals surface area contributed by atoms with Crippen LogP contribution in [0, 0.1) is 0 Å². The molecule has 1 aliphatic heterocycles. The maximum absolute atomic E-state index is 12.3. The molecule has 9 heteroatoms. The lowest BCUT2D eigenvalue weighted by atomic mass is 10.1. The van der Waals surface area contributed by atoms with Gasteiger partial charge >= 0.3 is 6.03 Å². The molecule has 1 aromatic rings. The third-order valence-corrected chi connectivity index (χ3v) is 5.72. The third-order valence-electron chi connectivity index (χ3n) is 4.31. The molecule has 1 fully saturated rings. The van der Waals surface area contributed by atoms with Crippen LogP contribution in [0.25, 0.3) is 0 Å². The molecule has 1 N–H and O–H groups in total. The first-order chi connectivity index (χ1) is 11.8. The quantitative estimate of drug-likeness (QED) is 0.808. The number of aromatic nitrogens is 1. The zero-order valence-electron chi connectivity index (χ0n) is 14.9. The van der Waals surface area contributed by atoms with Crippen molar-refractivity contribution in [1.82, 2.24) is 19.5 Å². The van der Waals surface area contributed by atoms with Crippen molar-refractivity contribution in [3.05, 3.63) is 23.9 Å². The summed E-state index contributed by atoms with van der Waals surface area (Å²) < 4.78 is 30.2. The maximum Gasteiger partial charge on any atom is 0.317 e. The van der Waals surface area contributed by atoms with Gasteiger partial charge in [0.2, 0.25) is 15.9 Å². The molecule has 2 heterocycles. The molecule has 0 aromatic carbocycles. The summed E-state index contributed by atoms with van der Waals surface area (Å²) in [6, 6.07) is 5.19. The van der Waals surface area contributed by atoms with Crippen molar-refractivity contribution in [2.75, 3.05) is 33.0 Å². The number of rotatable bonds is 6. The third kappa shape index (κ3) is 5.30. The summed E-state index contributed by atoms with van der Waals surface area (Å²) in [6.45, 7) is 3.68. The Balaban J connectivity index is 1.84. The minimum absolute atomic E-state index is 0.0379. The molecule has 0 spiro atoms. The van der Waals surface area contributed by atoms with Crippen LogP contribution < -0.4 is 10.1 Å². The number of likely N-dealkylation sites (tertiary alicyclic amines) is 1. The molecule has 25 heavy (non-hydrogen) atoms. The summed E-state index contributed by atoms with van der Waals surface area (Å²) in [4.78, 5) is 18.3. The van der Waals surface area contributed by atoms with Gasteiger partial charge in [0.05, 0.1) is 25.6 Å². The van der Waals surface area contributed by atoms with Gasteiger partial charge in [-0.3, -0.25) is 0 Å². The number of hydrogen-bond acceptors (Lipinski definition) is 5. The first kappa shape index (κ1) is 19.5. The molecule has 1 aromatic heterocycles. The average molecular weight is 370 g/mol. The molecule has 140 valence electrons. The van der Waals surface area contributed by atoms with E-state index in [9.17, 15) is 13.2 Å². The molecular weight excluding hydrogens is 344 g/mol. The van der Waals surface area contributed by atoms with Gasteiger partial charge in [-0.05, 0) is 18.9 Å². The normalized spacial score (nSPS) is 16.1. The number of amides is 2. The van der Waals surface area contributed by atoms with Gasteiger partial charge in [-0.25, -0.2) is 18.2 Å². The number of carbonyl (C=O) groups excluding carboxylic acids is 1. The SMILES string of the molecule is CCN(C1CCN(C(=O)NCc2cccc(OC)n2)CC1)S(C)(=O)=O. The summed E-state index contributed by atoms with van der Waals surface area (Å²) in [5.74, 6) is 0.507. The molecule has 0 bridgehead atoms. The molecule has 0 aliphatic carbocycles. The van der Waals surface area contributed by atoms with E-state index in [1.54, 1.807) is 18.1 Å². The van der Waals surface area contributed by atoms with Crippen molar-refractivity contribution in [3.63, 3.8) is 0 Å². The van der Waals surface area contributed by atoms with Crippen molar-refractivity contribution in [1.29, 1.82) is 0 Å². The number of nitrogens with zero attached hydrogens (tertiary/aromatic N) is 3. The van der Waals surface area contributed by atoms with Crippen LogP contribution >= 0.6 is 0 Å². The number of ether oxygens (including phenoxy) is 1. The predicted octanol–water partition coefficient (Wildman–Crippen LogP) is 1.05. The Bertz CT molecular complexity index is 687. The van der Waals surface area contributed by atoms with Gasteiger partial charge in [0.25, 0.3) is 0 Å². The molecule has 2 rings (SSSR count). The molecule has 0 unspecified atom stereocenters. The number of hydrogen-bond donors (Lipinski definition) is 1. The molecule has 0 saturated carbocycles. The summed E-state index contributed by atoms with van der Waals surface area (Å²) in [6.07, 6.45) is 2.52. The highest BCUT2D eigenvalue weighted by Crippen LogP contribution is 2.19. The Labute approximate surface area is 149 Å². The van der Waals surface area contributed by atoms with E-state index in [1.165, 1.54) is 10.6 Å². The lowest BCUT2D eigenvalue weighted by molar-refractivity contribution is 0.159. The highest BCUT2D eigenvalue weighted by Gasteiger charge is 2.30. The largest absolute Gasteiger partial charge is 0.481 e. The van der Waals surface area contributed by atoms with E-state index in [2.05, 4.69) is 10.3 Å². The second-order valence-corrected chi connectivity index (χ2v) is 7.95. The lowest BCUT2D eigenvalue weighted by Crippen LogP contribution is -2.50. The first-order valence-corrected chi connectivity index (χ1v) is 10.2. The topological polar surface area (TPSA) is 91.8 Å². The van der Waals surface area contributed by atoms with Gasteiger partial charge in [0.15, 0.2) is 0 Å². The monoisotopic (exact) mass is 370 g/mol. The van der Waals surface area contributed by atoms with Crippen molar-refractivity contribution in [2.45, 2.75) is 32.4 Å². The summed E-state index contributed by atoms with van der Waals surface area (Å²) >= 11 is 0. The van der Waals surface area contributed by atoms with Crippen LogP contribution in [-0.4, -0.2) is 67.7 Å². The molecule has 8 nitrogen and oxygen atoms in total. The first-order valence-electron chi connectivity index (χ1n) is 8.34. The molecule has 1 aliphatic rings. The van der Waals surface area contributed by atoms with Gasteiger partial charge < -0.3 is 15.0 Å². The van der Waals surface area contributed by atoms with Crippen LogP contribution in [0.2, 0.25) is 0 Å². The number of methoxy groups -OCH3 is 1. The Morgan fingerprint density at radius 3 is 2.64 bits per heavy atom. The van der Waals surface area contributed by atoms with E-state index < -0.39 is 10.0 Å². The number of nitrogens with one attached hydrogen (secondary N) is 1. The summed E-state index contributed by atoms with van der Waals surface area (Å²) in [7, 11) is -1.66. The number of sulfonamides is 1. The van der Waals surface area contributed by atoms with Gasteiger partial charge in [0.1, 0.15) is 0 Å². The van der Waals surface area contributed by atoms with Gasteiger partial charge in [0, 0.05) is 31.7 Å². The van der Waals surface area contributed by atoms with Crippen LogP contribution in [-0.2, 0) is 16.6 Å². The molecule has 0 atom stereocenters. The zero-order chi connectivity index (χ0) is 18.4. The maximum atomic E-state index is 12.3. The fourth-order valence-electron chi connectivity index (χ4n) is 3.07. The van der Waals surface area contributed by atoms with E-state index in [4.69, 9.17) is 4.74 Å². The molecule has 2 amide bonds. The summed E-state index contributed by atoms with van der Waals surface area (Å²) in [5, 5.41) is 2.85. The van der Waals surface area contributed by atoms with E-state index in [-0.39, 0.29) is 12.1 Å². The number of piperidine rings is 1. The van der Waals surface area contributed by atoms with Crippen LogP contribution in [0.5, 0.6) is 5.88 Å². The van der Waals surface area contributed by atoms with Crippen LogP contribution in [0.15, 0.2) is 18.2 Å². The second-order valence-electron chi connectivity index (χ2n) is 6.01. The molecule has 0 radical (unpaired) electrons. The van der Waals surface area contributed by atoms with E-state index in [1.807, 2.05) is 19.1 Å². The van der Waals surface area contributed by atoms with Gasteiger partial charge in [-0.15, -0.1) is 0 Å². The van der Waals surface area contributed by atoms with E-state index in [0.717, 1.165) is 5.69 Å². The Kier molecular flexibility index (Phi) is 6.60. The molecule has 1 saturated heterocycles. The fraction of sp³-hybridized carbons (Fsp3) is 0.625. The highest BCUT2D eigenvalue weighted by atomic mass is 32.2. The average Bonchev–Trinajstić information content (AvgIpc) is 2.60. The Hall–Kier alpha value is -1.87. The Morgan fingerprint density at radius 1 is 1.40 bits per heavy atom.